The zero-order valence-electron chi connectivity index (χ0n) is 7.81. The van der Waals surface area contributed by atoms with E-state index in [1.54, 1.807) is 0 Å². The van der Waals surface area contributed by atoms with E-state index in [9.17, 15) is 0 Å². The predicted molar refractivity (Wildman–Crippen MR) is 58.3 cm³/mol. The molecule has 0 saturated heterocycles. The van der Waals surface area contributed by atoms with E-state index in [-0.39, 0.29) is 0 Å². The maximum atomic E-state index is 5.53. The molecule has 2 rings (SSSR count). The molecular formula is C10H16N2S. The Morgan fingerprint density at radius 3 is 3.08 bits per heavy atom. The third-order valence-corrected chi connectivity index (χ3v) is 3.46. The molecule has 0 aromatic carbocycles. The number of nitrogens with two attached hydrogens (primary N) is 1. The molecular weight excluding hydrogens is 180 g/mol. The largest absolute Gasteiger partial charge is 0.362 e. The van der Waals surface area contributed by atoms with Gasteiger partial charge in [-0.2, -0.15) is 11.8 Å². The number of hydrogen-bond donors (Lipinski definition) is 2. The summed E-state index contributed by atoms with van der Waals surface area (Å²) in [4.78, 5) is 3.48. The van der Waals surface area contributed by atoms with E-state index in [0.29, 0.717) is 0 Å². The second-order valence-corrected chi connectivity index (χ2v) is 4.67. The highest BCUT2D eigenvalue weighted by Crippen LogP contribution is 2.20. The van der Waals surface area contributed by atoms with Crippen molar-refractivity contribution in [3.05, 3.63) is 23.0 Å². The number of hydrogen-bond acceptors (Lipinski definition) is 2. The van der Waals surface area contributed by atoms with Gasteiger partial charge in [0.25, 0.3) is 0 Å². The summed E-state index contributed by atoms with van der Waals surface area (Å²) in [6.45, 7) is 0.744. The molecule has 1 aliphatic heterocycles. The molecule has 1 aliphatic rings. The lowest BCUT2D eigenvalue weighted by Crippen LogP contribution is -2.03. The normalized spacial score (nSPS) is 16.7. The Morgan fingerprint density at radius 1 is 1.38 bits per heavy atom. The molecule has 0 bridgehead atoms. The van der Waals surface area contributed by atoms with Crippen LogP contribution in [0.1, 0.15) is 17.0 Å². The van der Waals surface area contributed by atoms with Crippen molar-refractivity contribution in [3.63, 3.8) is 0 Å². The van der Waals surface area contributed by atoms with Gasteiger partial charge in [0, 0.05) is 11.4 Å². The Balaban J connectivity index is 2.17. The molecule has 0 aliphatic carbocycles. The Labute approximate surface area is 83.3 Å². The van der Waals surface area contributed by atoms with Gasteiger partial charge in [0.1, 0.15) is 0 Å². The van der Waals surface area contributed by atoms with Crippen LogP contribution in [0.3, 0.4) is 0 Å². The van der Waals surface area contributed by atoms with Crippen LogP contribution in [0.5, 0.6) is 0 Å². The van der Waals surface area contributed by atoms with Gasteiger partial charge in [0.2, 0.25) is 0 Å². The van der Waals surface area contributed by atoms with Gasteiger partial charge in [0.05, 0.1) is 0 Å². The molecule has 0 radical (unpaired) electrons. The average Bonchev–Trinajstić information content (AvgIpc) is 2.37. The number of aromatic amines is 1. The smallest absolute Gasteiger partial charge is 0.0190 e. The van der Waals surface area contributed by atoms with Crippen molar-refractivity contribution < 1.29 is 0 Å². The van der Waals surface area contributed by atoms with E-state index >= 15 is 0 Å². The van der Waals surface area contributed by atoms with Gasteiger partial charge in [-0.05, 0) is 48.9 Å². The fraction of sp³-hybridized carbons (Fsp3) is 0.600. The summed E-state index contributed by atoms with van der Waals surface area (Å²) in [5.74, 6) is 2.53. The van der Waals surface area contributed by atoms with Crippen LogP contribution in [0.4, 0.5) is 0 Å². The van der Waals surface area contributed by atoms with Crippen molar-refractivity contribution in [2.45, 2.75) is 19.3 Å². The van der Waals surface area contributed by atoms with E-state index in [2.05, 4.69) is 22.8 Å². The summed E-state index contributed by atoms with van der Waals surface area (Å²) in [5, 5.41) is 0. The molecule has 2 heterocycles. The molecule has 1 aromatic heterocycles. The first kappa shape index (κ1) is 9.16. The van der Waals surface area contributed by atoms with Crippen molar-refractivity contribution in [1.29, 1.82) is 0 Å². The van der Waals surface area contributed by atoms with Crippen LogP contribution >= 0.6 is 11.8 Å². The first-order chi connectivity index (χ1) is 6.40. The van der Waals surface area contributed by atoms with Gasteiger partial charge in [0.15, 0.2) is 0 Å². The van der Waals surface area contributed by atoms with E-state index in [1.165, 1.54) is 41.3 Å². The molecule has 0 unspecified atom stereocenters. The lowest BCUT2D eigenvalue weighted by molar-refractivity contribution is 0.918. The quantitative estimate of drug-likeness (QED) is 0.749. The fourth-order valence-electron chi connectivity index (χ4n) is 1.80. The monoisotopic (exact) mass is 196 g/mol. The first-order valence-electron chi connectivity index (χ1n) is 4.87. The minimum Gasteiger partial charge on any atom is -0.362 e. The minimum atomic E-state index is 0.744. The van der Waals surface area contributed by atoms with Gasteiger partial charge < -0.3 is 10.7 Å². The highest BCUT2D eigenvalue weighted by Gasteiger charge is 2.10. The summed E-state index contributed by atoms with van der Waals surface area (Å²) in [7, 11) is 0. The summed E-state index contributed by atoms with van der Waals surface area (Å²) >= 11 is 2.05. The number of rotatable bonds is 2. The lowest BCUT2D eigenvalue weighted by atomic mass is 10.1. The van der Waals surface area contributed by atoms with Crippen LogP contribution < -0.4 is 5.73 Å². The Kier molecular flexibility index (Phi) is 2.96. The van der Waals surface area contributed by atoms with E-state index in [4.69, 9.17) is 5.73 Å². The molecule has 13 heavy (non-hydrogen) atoms. The second-order valence-electron chi connectivity index (χ2n) is 3.45. The fourth-order valence-corrected chi connectivity index (χ4v) is 2.72. The molecule has 3 N–H and O–H groups in total. The van der Waals surface area contributed by atoms with Crippen molar-refractivity contribution in [3.8, 4) is 0 Å². The highest BCUT2D eigenvalue weighted by atomic mass is 32.2. The Bertz CT molecular complexity index is 257. The molecule has 0 fully saturated rings. The van der Waals surface area contributed by atoms with Crippen LogP contribution in [-0.4, -0.2) is 23.0 Å². The van der Waals surface area contributed by atoms with Gasteiger partial charge in [-0.15, -0.1) is 0 Å². The van der Waals surface area contributed by atoms with Gasteiger partial charge in [-0.1, -0.05) is 0 Å². The molecule has 3 heteroatoms. The Hall–Kier alpha value is -0.410. The summed E-state index contributed by atoms with van der Waals surface area (Å²) in [5.41, 5.74) is 9.82. The maximum Gasteiger partial charge on any atom is 0.0190 e. The number of fused-ring (bicyclic) bond motifs is 1. The third kappa shape index (κ3) is 2.09. The number of aromatic nitrogens is 1. The number of nitrogens with one attached hydrogen (secondary N) is 1. The van der Waals surface area contributed by atoms with E-state index < -0.39 is 0 Å². The third-order valence-electron chi connectivity index (χ3n) is 2.47. The average molecular weight is 196 g/mol. The maximum absolute atomic E-state index is 5.53. The van der Waals surface area contributed by atoms with Gasteiger partial charge in [-0.25, -0.2) is 0 Å². The van der Waals surface area contributed by atoms with Crippen LogP contribution in [0, 0.1) is 0 Å². The van der Waals surface area contributed by atoms with Crippen molar-refractivity contribution >= 4 is 11.8 Å². The highest BCUT2D eigenvalue weighted by molar-refractivity contribution is 7.99. The zero-order valence-corrected chi connectivity index (χ0v) is 8.62. The van der Waals surface area contributed by atoms with Gasteiger partial charge >= 0.3 is 0 Å². The standard InChI is InChI=1S/C10H16N2S/c11-4-1-9-7-8-2-5-13-6-3-10(8)12-9/h7,12H,1-6,11H2. The minimum absolute atomic E-state index is 0.744. The summed E-state index contributed by atoms with van der Waals surface area (Å²) in [6, 6.07) is 2.30. The van der Waals surface area contributed by atoms with Crippen LogP contribution in [0.25, 0.3) is 0 Å². The van der Waals surface area contributed by atoms with Crippen LogP contribution in [0.2, 0.25) is 0 Å². The molecule has 2 nitrogen and oxygen atoms in total. The first-order valence-corrected chi connectivity index (χ1v) is 6.03. The van der Waals surface area contributed by atoms with Crippen molar-refractivity contribution in [1.82, 2.24) is 4.98 Å². The number of aryl methyl sites for hydroxylation is 2. The van der Waals surface area contributed by atoms with Crippen molar-refractivity contribution in [2.24, 2.45) is 5.73 Å². The van der Waals surface area contributed by atoms with Crippen LogP contribution in [0.15, 0.2) is 6.07 Å². The SMILES string of the molecule is NCCc1cc2c([nH]1)CCSCC2. The summed E-state index contributed by atoms with van der Waals surface area (Å²) in [6.07, 6.45) is 3.41. The molecule has 1 aromatic rings. The predicted octanol–water partition coefficient (Wildman–Crippen LogP) is 1.35. The van der Waals surface area contributed by atoms with E-state index in [1.807, 2.05) is 0 Å². The summed E-state index contributed by atoms with van der Waals surface area (Å²) < 4.78 is 0. The molecule has 0 amide bonds. The molecule has 0 saturated carbocycles. The number of thioether (sulfide) groups is 1. The van der Waals surface area contributed by atoms with Gasteiger partial charge in [-0.3, -0.25) is 0 Å². The Morgan fingerprint density at radius 2 is 2.23 bits per heavy atom. The zero-order chi connectivity index (χ0) is 9.10. The lowest BCUT2D eigenvalue weighted by Gasteiger charge is -1.95. The number of H-pyrrole nitrogens is 1. The topological polar surface area (TPSA) is 41.8 Å². The van der Waals surface area contributed by atoms with E-state index in [0.717, 1.165) is 13.0 Å². The molecule has 0 spiro atoms. The van der Waals surface area contributed by atoms with Crippen molar-refractivity contribution in [2.75, 3.05) is 18.1 Å². The molecule has 72 valence electrons. The second kappa shape index (κ2) is 4.20. The van der Waals surface area contributed by atoms with Crippen LogP contribution in [-0.2, 0) is 19.3 Å². The molecule has 0 atom stereocenters.